The first-order valence-corrected chi connectivity index (χ1v) is 6.34. The van der Waals surface area contributed by atoms with E-state index < -0.39 is 5.97 Å². The van der Waals surface area contributed by atoms with Gasteiger partial charge in [0, 0.05) is 7.05 Å². The number of carbonyl (C=O) groups excluding carboxylic acids is 1. The number of fused-ring (bicyclic) bond motifs is 1. The topological polar surface area (TPSA) is 72.8 Å². The van der Waals surface area contributed by atoms with E-state index in [4.69, 9.17) is 4.74 Å². The lowest BCUT2D eigenvalue weighted by molar-refractivity contribution is 0.0520. The number of rotatable bonds is 3. The van der Waals surface area contributed by atoms with Crippen LogP contribution < -0.4 is 0 Å². The van der Waals surface area contributed by atoms with E-state index in [9.17, 15) is 4.79 Å². The van der Waals surface area contributed by atoms with Gasteiger partial charge in [-0.2, -0.15) is 5.10 Å². The molecule has 0 saturated carbocycles. The molecule has 0 aliphatic heterocycles. The maximum atomic E-state index is 11.9. The summed E-state index contributed by atoms with van der Waals surface area (Å²) in [6, 6.07) is 7.80. The summed E-state index contributed by atoms with van der Waals surface area (Å²) in [5.74, 6) is 0.259. The van der Waals surface area contributed by atoms with E-state index in [1.54, 1.807) is 13.1 Å². The number of aryl methyl sites for hydroxylation is 1. The van der Waals surface area contributed by atoms with Gasteiger partial charge in [-0.05, 0) is 19.1 Å². The molecular weight excluding hydrogens is 256 g/mol. The highest BCUT2D eigenvalue weighted by atomic mass is 16.5. The van der Waals surface area contributed by atoms with Crippen molar-refractivity contribution in [1.29, 1.82) is 0 Å². The molecule has 0 amide bonds. The number of hydrogen-bond donors (Lipinski definition) is 1. The number of hydrogen-bond acceptors (Lipinski definition) is 4. The van der Waals surface area contributed by atoms with Crippen LogP contribution in [0.5, 0.6) is 0 Å². The predicted octanol–water partition coefficient (Wildman–Crippen LogP) is 2.14. The van der Waals surface area contributed by atoms with Gasteiger partial charge in [0.2, 0.25) is 0 Å². The van der Waals surface area contributed by atoms with Crippen molar-refractivity contribution < 1.29 is 9.53 Å². The maximum Gasteiger partial charge on any atom is 0.357 e. The number of imidazole rings is 1. The number of aromatic amines is 1. The molecule has 0 unspecified atom stereocenters. The van der Waals surface area contributed by atoms with Crippen molar-refractivity contribution in [1.82, 2.24) is 19.7 Å². The van der Waals surface area contributed by atoms with Crippen LogP contribution in [0.3, 0.4) is 0 Å². The first kappa shape index (κ1) is 12.4. The zero-order valence-electron chi connectivity index (χ0n) is 11.3. The summed E-state index contributed by atoms with van der Waals surface area (Å²) in [4.78, 5) is 16.4. The Morgan fingerprint density at radius 3 is 2.95 bits per heavy atom. The van der Waals surface area contributed by atoms with Gasteiger partial charge in [0.05, 0.1) is 29.4 Å². The fraction of sp³-hybridized carbons (Fsp3) is 0.214. The molecule has 0 saturated heterocycles. The number of ether oxygens (including phenoxy) is 1. The summed E-state index contributed by atoms with van der Waals surface area (Å²) in [6.07, 6.45) is 1.59. The van der Waals surface area contributed by atoms with Crippen molar-refractivity contribution in [2.24, 2.45) is 7.05 Å². The highest BCUT2D eigenvalue weighted by Crippen LogP contribution is 2.25. The molecule has 0 aliphatic rings. The molecule has 0 bridgehead atoms. The molecule has 2 heterocycles. The first-order chi connectivity index (χ1) is 9.72. The fourth-order valence-corrected chi connectivity index (χ4v) is 2.20. The van der Waals surface area contributed by atoms with Crippen LogP contribution in [0, 0.1) is 0 Å². The summed E-state index contributed by atoms with van der Waals surface area (Å²) in [5.41, 5.74) is 2.84. The summed E-state index contributed by atoms with van der Waals surface area (Å²) < 4.78 is 6.95. The Bertz CT molecular complexity index is 772. The van der Waals surface area contributed by atoms with E-state index in [0.29, 0.717) is 23.7 Å². The summed E-state index contributed by atoms with van der Waals surface area (Å²) >= 11 is 0. The lowest BCUT2D eigenvalue weighted by Crippen LogP contribution is -2.07. The second kappa shape index (κ2) is 4.80. The third kappa shape index (κ3) is 1.85. The maximum absolute atomic E-state index is 11.9. The third-order valence-electron chi connectivity index (χ3n) is 3.15. The highest BCUT2D eigenvalue weighted by Gasteiger charge is 2.20. The lowest BCUT2D eigenvalue weighted by Gasteiger charge is -2.03. The van der Waals surface area contributed by atoms with E-state index >= 15 is 0 Å². The summed E-state index contributed by atoms with van der Waals surface area (Å²) in [6.45, 7) is 2.09. The van der Waals surface area contributed by atoms with Crippen LogP contribution in [-0.2, 0) is 11.8 Å². The van der Waals surface area contributed by atoms with E-state index in [1.165, 1.54) is 0 Å². The zero-order chi connectivity index (χ0) is 14.1. The standard InChI is InChI=1S/C14H14N4O2/c1-3-20-14(19)12-9(8-15-17-12)13-16-10-6-4-5-7-11(10)18(13)2/h4-8H,3H2,1-2H3,(H,15,17). The Labute approximate surface area is 115 Å². The number of para-hydroxylation sites is 2. The molecule has 0 fully saturated rings. The van der Waals surface area contributed by atoms with Crippen molar-refractivity contribution in [3.63, 3.8) is 0 Å². The van der Waals surface area contributed by atoms with Crippen LogP contribution in [0.4, 0.5) is 0 Å². The fourth-order valence-electron chi connectivity index (χ4n) is 2.20. The van der Waals surface area contributed by atoms with Crippen molar-refractivity contribution in [2.75, 3.05) is 6.61 Å². The van der Waals surface area contributed by atoms with Crippen molar-refractivity contribution in [3.8, 4) is 11.4 Å². The van der Waals surface area contributed by atoms with Gasteiger partial charge in [0.25, 0.3) is 0 Å². The number of H-pyrrole nitrogens is 1. The number of nitrogens with one attached hydrogen (secondary N) is 1. The average Bonchev–Trinajstić information content (AvgIpc) is 3.04. The van der Waals surface area contributed by atoms with Gasteiger partial charge < -0.3 is 9.30 Å². The molecule has 3 aromatic rings. The molecule has 0 aliphatic carbocycles. The number of carbonyl (C=O) groups is 1. The Kier molecular flexibility index (Phi) is 2.98. The van der Waals surface area contributed by atoms with Crippen LogP contribution in [0.25, 0.3) is 22.4 Å². The van der Waals surface area contributed by atoms with Gasteiger partial charge in [-0.1, -0.05) is 12.1 Å². The number of esters is 1. The van der Waals surface area contributed by atoms with Gasteiger partial charge in [0.15, 0.2) is 5.69 Å². The average molecular weight is 270 g/mol. The molecular formula is C14H14N4O2. The minimum absolute atomic E-state index is 0.319. The predicted molar refractivity (Wildman–Crippen MR) is 74.3 cm³/mol. The number of nitrogens with zero attached hydrogens (tertiary/aromatic N) is 3. The zero-order valence-corrected chi connectivity index (χ0v) is 11.3. The Hall–Kier alpha value is -2.63. The highest BCUT2D eigenvalue weighted by molar-refractivity contribution is 5.95. The monoisotopic (exact) mass is 270 g/mol. The molecule has 1 aromatic carbocycles. The molecule has 102 valence electrons. The van der Waals surface area contributed by atoms with E-state index in [2.05, 4.69) is 15.2 Å². The molecule has 2 aromatic heterocycles. The smallest absolute Gasteiger partial charge is 0.357 e. The van der Waals surface area contributed by atoms with Crippen molar-refractivity contribution in [3.05, 3.63) is 36.2 Å². The summed E-state index contributed by atoms with van der Waals surface area (Å²) in [5, 5.41) is 6.62. The normalized spacial score (nSPS) is 10.9. The molecule has 3 rings (SSSR count). The largest absolute Gasteiger partial charge is 0.461 e. The van der Waals surface area contributed by atoms with E-state index in [1.807, 2.05) is 35.9 Å². The van der Waals surface area contributed by atoms with E-state index in [0.717, 1.165) is 11.0 Å². The number of benzene rings is 1. The van der Waals surface area contributed by atoms with Gasteiger partial charge in [0.1, 0.15) is 5.82 Å². The number of aromatic nitrogens is 4. The van der Waals surface area contributed by atoms with Crippen molar-refractivity contribution >= 4 is 17.0 Å². The Morgan fingerprint density at radius 2 is 2.20 bits per heavy atom. The minimum atomic E-state index is -0.424. The van der Waals surface area contributed by atoms with Gasteiger partial charge in [-0.25, -0.2) is 9.78 Å². The molecule has 6 nitrogen and oxygen atoms in total. The second-order valence-electron chi connectivity index (χ2n) is 4.36. The van der Waals surface area contributed by atoms with Gasteiger partial charge in [-0.15, -0.1) is 0 Å². The molecule has 0 atom stereocenters. The quantitative estimate of drug-likeness (QED) is 0.740. The minimum Gasteiger partial charge on any atom is -0.461 e. The molecule has 1 N–H and O–H groups in total. The molecule has 0 spiro atoms. The van der Waals surface area contributed by atoms with Crippen LogP contribution in [0.2, 0.25) is 0 Å². The van der Waals surface area contributed by atoms with Crippen LogP contribution in [0.15, 0.2) is 30.5 Å². The third-order valence-corrected chi connectivity index (χ3v) is 3.15. The molecule has 6 heteroatoms. The lowest BCUT2D eigenvalue weighted by atomic mass is 10.2. The van der Waals surface area contributed by atoms with Crippen LogP contribution in [-0.4, -0.2) is 32.3 Å². The SMILES string of the molecule is CCOC(=O)c1[nH]ncc1-c1nc2ccccc2n1C. The van der Waals surface area contributed by atoms with Crippen molar-refractivity contribution in [2.45, 2.75) is 6.92 Å². The Morgan fingerprint density at radius 1 is 1.40 bits per heavy atom. The van der Waals surface area contributed by atoms with Gasteiger partial charge in [-0.3, -0.25) is 5.10 Å². The van der Waals surface area contributed by atoms with Gasteiger partial charge >= 0.3 is 5.97 Å². The summed E-state index contributed by atoms with van der Waals surface area (Å²) in [7, 11) is 1.91. The second-order valence-corrected chi connectivity index (χ2v) is 4.36. The first-order valence-electron chi connectivity index (χ1n) is 6.34. The molecule has 20 heavy (non-hydrogen) atoms. The molecule has 0 radical (unpaired) electrons. The van der Waals surface area contributed by atoms with Crippen LogP contribution >= 0.6 is 0 Å². The van der Waals surface area contributed by atoms with E-state index in [-0.39, 0.29) is 0 Å². The van der Waals surface area contributed by atoms with Crippen LogP contribution in [0.1, 0.15) is 17.4 Å². The Balaban J connectivity index is 2.14.